The molecule has 84 valence electrons. The van der Waals surface area contributed by atoms with Crippen LogP contribution in [-0.2, 0) is 0 Å². The number of aryl methyl sites for hydroxylation is 1. The molecule has 0 radical (unpaired) electrons. The maximum Gasteiger partial charge on any atom is 0.152 e. The van der Waals surface area contributed by atoms with Gasteiger partial charge >= 0.3 is 0 Å². The van der Waals surface area contributed by atoms with Crippen molar-refractivity contribution >= 4 is 17.4 Å². The summed E-state index contributed by atoms with van der Waals surface area (Å²) in [4.78, 5) is 0. The predicted octanol–water partition coefficient (Wildman–Crippen LogP) is 3.44. The number of anilines is 1. The van der Waals surface area contributed by atoms with Crippen LogP contribution in [0.3, 0.4) is 0 Å². The zero-order chi connectivity index (χ0) is 11.3. The van der Waals surface area contributed by atoms with E-state index in [1.54, 1.807) is 18.7 Å². The lowest BCUT2D eigenvalue weighted by molar-refractivity contribution is 0.582. The first-order valence-electron chi connectivity index (χ1n) is 4.84. The molecule has 1 aromatic rings. The van der Waals surface area contributed by atoms with Crippen molar-refractivity contribution in [1.29, 1.82) is 0 Å². The van der Waals surface area contributed by atoms with Gasteiger partial charge in [0.2, 0.25) is 0 Å². The highest BCUT2D eigenvalue weighted by Crippen LogP contribution is 2.21. The topological polar surface area (TPSA) is 12.0 Å². The minimum absolute atomic E-state index is 0.00361. The third-order valence-electron chi connectivity index (χ3n) is 2.11. The number of nitrogens with one attached hydrogen (secondary N) is 1. The summed E-state index contributed by atoms with van der Waals surface area (Å²) >= 11 is 1.72. The van der Waals surface area contributed by atoms with E-state index < -0.39 is 11.6 Å². The monoisotopic (exact) mass is 231 g/mol. The highest BCUT2D eigenvalue weighted by molar-refractivity contribution is 7.98. The van der Waals surface area contributed by atoms with Crippen molar-refractivity contribution in [3.63, 3.8) is 0 Å². The molecule has 15 heavy (non-hydrogen) atoms. The minimum atomic E-state index is -0.526. The third kappa shape index (κ3) is 3.38. The predicted molar refractivity (Wildman–Crippen MR) is 62.6 cm³/mol. The lowest BCUT2D eigenvalue weighted by atomic mass is 10.2. The van der Waals surface area contributed by atoms with Gasteiger partial charge in [-0.2, -0.15) is 11.8 Å². The van der Waals surface area contributed by atoms with Crippen molar-refractivity contribution in [2.45, 2.75) is 13.3 Å². The van der Waals surface area contributed by atoms with Crippen molar-refractivity contribution in [2.24, 2.45) is 0 Å². The van der Waals surface area contributed by atoms with Gasteiger partial charge in [-0.25, -0.2) is 8.78 Å². The van der Waals surface area contributed by atoms with Crippen LogP contribution in [0.25, 0.3) is 0 Å². The van der Waals surface area contributed by atoms with Gasteiger partial charge in [-0.1, -0.05) is 6.07 Å². The van der Waals surface area contributed by atoms with E-state index in [0.717, 1.165) is 12.2 Å². The first-order chi connectivity index (χ1) is 7.16. The average Bonchev–Trinajstić information content (AvgIpc) is 2.23. The largest absolute Gasteiger partial charge is 0.380 e. The Labute approximate surface area is 93.3 Å². The number of hydrogen-bond donors (Lipinski definition) is 1. The standard InChI is InChI=1S/C11H15F2NS/c1-8-4-5-9(12)11(10(8)13)14-6-3-7-15-2/h4-5,14H,3,6-7H2,1-2H3. The molecule has 0 aliphatic heterocycles. The lowest BCUT2D eigenvalue weighted by Gasteiger charge is -2.09. The van der Waals surface area contributed by atoms with Crippen molar-refractivity contribution in [2.75, 3.05) is 23.9 Å². The van der Waals surface area contributed by atoms with E-state index in [-0.39, 0.29) is 5.69 Å². The summed E-state index contributed by atoms with van der Waals surface area (Å²) in [7, 11) is 0. The Kier molecular flexibility index (Phi) is 4.88. The molecule has 0 atom stereocenters. The van der Waals surface area contributed by atoms with Crippen LogP contribution in [0.5, 0.6) is 0 Å². The number of rotatable bonds is 5. The quantitative estimate of drug-likeness (QED) is 0.779. The maximum atomic E-state index is 13.5. The Balaban J connectivity index is 2.63. The van der Waals surface area contributed by atoms with E-state index in [4.69, 9.17) is 0 Å². The van der Waals surface area contributed by atoms with Gasteiger partial charge in [-0.15, -0.1) is 0 Å². The summed E-state index contributed by atoms with van der Waals surface area (Å²) in [6, 6.07) is 2.73. The van der Waals surface area contributed by atoms with Crippen molar-refractivity contribution in [3.05, 3.63) is 29.3 Å². The van der Waals surface area contributed by atoms with Gasteiger partial charge < -0.3 is 5.32 Å². The molecule has 1 aromatic carbocycles. The zero-order valence-electron chi connectivity index (χ0n) is 8.94. The van der Waals surface area contributed by atoms with E-state index in [1.165, 1.54) is 12.1 Å². The molecule has 1 rings (SSSR count). The molecule has 0 heterocycles. The van der Waals surface area contributed by atoms with E-state index in [2.05, 4.69) is 5.32 Å². The summed E-state index contributed by atoms with van der Waals surface area (Å²) in [5.74, 6) is -0.0244. The number of halogens is 2. The van der Waals surface area contributed by atoms with E-state index in [1.807, 2.05) is 6.26 Å². The molecular formula is C11H15F2NS. The molecule has 0 aliphatic rings. The second-order valence-electron chi connectivity index (χ2n) is 3.33. The maximum absolute atomic E-state index is 13.5. The van der Waals surface area contributed by atoms with Crippen LogP contribution < -0.4 is 5.32 Å². The Morgan fingerprint density at radius 3 is 2.73 bits per heavy atom. The van der Waals surface area contributed by atoms with Crippen LogP contribution in [0.2, 0.25) is 0 Å². The SMILES string of the molecule is CSCCCNc1c(F)ccc(C)c1F. The molecular weight excluding hydrogens is 216 g/mol. The Morgan fingerprint density at radius 2 is 2.07 bits per heavy atom. The van der Waals surface area contributed by atoms with Crippen LogP contribution in [0.1, 0.15) is 12.0 Å². The molecule has 0 fully saturated rings. The molecule has 0 saturated heterocycles. The lowest BCUT2D eigenvalue weighted by Crippen LogP contribution is -2.07. The van der Waals surface area contributed by atoms with E-state index in [9.17, 15) is 8.78 Å². The zero-order valence-corrected chi connectivity index (χ0v) is 9.76. The average molecular weight is 231 g/mol. The normalized spacial score (nSPS) is 10.4. The van der Waals surface area contributed by atoms with Crippen molar-refractivity contribution in [1.82, 2.24) is 0 Å². The molecule has 0 amide bonds. The van der Waals surface area contributed by atoms with Gasteiger partial charge in [-0.05, 0) is 37.0 Å². The molecule has 0 aromatic heterocycles. The molecule has 0 spiro atoms. The van der Waals surface area contributed by atoms with Gasteiger partial charge in [0.25, 0.3) is 0 Å². The number of hydrogen-bond acceptors (Lipinski definition) is 2. The van der Waals surface area contributed by atoms with Crippen LogP contribution in [0.15, 0.2) is 12.1 Å². The fourth-order valence-corrected chi connectivity index (χ4v) is 1.68. The number of thioether (sulfide) groups is 1. The van der Waals surface area contributed by atoms with Crippen LogP contribution in [-0.4, -0.2) is 18.6 Å². The molecule has 0 aliphatic carbocycles. The van der Waals surface area contributed by atoms with Crippen LogP contribution >= 0.6 is 11.8 Å². The summed E-state index contributed by atoms with van der Waals surface area (Å²) < 4.78 is 26.7. The first-order valence-corrected chi connectivity index (χ1v) is 6.23. The van der Waals surface area contributed by atoms with E-state index in [0.29, 0.717) is 12.1 Å². The Bertz CT molecular complexity index is 329. The minimum Gasteiger partial charge on any atom is -0.380 e. The summed E-state index contributed by atoms with van der Waals surface area (Å²) in [6.45, 7) is 2.22. The van der Waals surface area contributed by atoms with Crippen molar-refractivity contribution < 1.29 is 8.78 Å². The van der Waals surface area contributed by atoms with E-state index >= 15 is 0 Å². The highest BCUT2D eigenvalue weighted by Gasteiger charge is 2.09. The van der Waals surface area contributed by atoms with Gasteiger partial charge in [0.05, 0.1) is 0 Å². The fraction of sp³-hybridized carbons (Fsp3) is 0.455. The second-order valence-corrected chi connectivity index (χ2v) is 4.31. The summed E-state index contributed by atoms with van der Waals surface area (Å²) in [5.41, 5.74) is 0.458. The smallest absolute Gasteiger partial charge is 0.152 e. The first kappa shape index (κ1) is 12.3. The van der Waals surface area contributed by atoms with Gasteiger partial charge in [0.1, 0.15) is 11.5 Å². The number of benzene rings is 1. The molecule has 0 unspecified atom stereocenters. The van der Waals surface area contributed by atoms with Crippen molar-refractivity contribution in [3.8, 4) is 0 Å². The highest BCUT2D eigenvalue weighted by atomic mass is 32.2. The summed E-state index contributed by atoms with van der Waals surface area (Å²) in [5, 5.41) is 2.79. The van der Waals surface area contributed by atoms with Crippen LogP contribution in [0, 0.1) is 18.6 Å². The molecule has 0 bridgehead atoms. The van der Waals surface area contributed by atoms with Crippen LogP contribution in [0.4, 0.5) is 14.5 Å². The molecule has 1 N–H and O–H groups in total. The molecule has 0 saturated carbocycles. The van der Waals surface area contributed by atoms with Gasteiger partial charge in [0.15, 0.2) is 5.82 Å². The third-order valence-corrected chi connectivity index (χ3v) is 2.81. The Hall–Kier alpha value is -0.770. The fourth-order valence-electron chi connectivity index (χ4n) is 1.25. The summed E-state index contributed by atoms with van der Waals surface area (Å²) in [6.07, 6.45) is 2.90. The van der Waals surface area contributed by atoms with Gasteiger partial charge in [-0.3, -0.25) is 0 Å². The van der Waals surface area contributed by atoms with Gasteiger partial charge in [0, 0.05) is 6.54 Å². The Morgan fingerprint density at radius 1 is 1.33 bits per heavy atom. The molecule has 1 nitrogen and oxygen atoms in total. The molecule has 4 heteroatoms. The second kappa shape index (κ2) is 5.95.